The van der Waals surface area contributed by atoms with Crippen LogP contribution in [0.2, 0.25) is 0 Å². The van der Waals surface area contributed by atoms with Gasteiger partial charge in [-0.25, -0.2) is 0 Å². The van der Waals surface area contributed by atoms with E-state index in [0.29, 0.717) is 6.61 Å². The molecule has 1 amide bonds. The van der Waals surface area contributed by atoms with Crippen LogP contribution in [-0.2, 0) is 16.1 Å². The van der Waals surface area contributed by atoms with Crippen LogP contribution < -0.4 is 5.32 Å². The second-order valence-electron chi connectivity index (χ2n) is 4.80. The van der Waals surface area contributed by atoms with E-state index >= 15 is 0 Å². The Hall–Kier alpha value is -1.06. The van der Waals surface area contributed by atoms with Gasteiger partial charge in [0.2, 0.25) is 5.91 Å². The van der Waals surface area contributed by atoms with Crippen LogP contribution in [0.4, 0.5) is 5.69 Å². The smallest absolute Gasteiger partial charge is 0.239 e. The third kappa shape index (κ3) is 4.00. The SMILES string of the molecule is Cc1ccc(COCC2CC2)c(NC(=O)CCl)c1. The third-order valence-electron chi connectivity index (χ3n) is 2.97. The molecule has 1 aromatic carbocycles. The molecule has 0 aromatic heterocycles. The molecule has 2 rings (SSSR count). The number of rotatable bonds is 6. The van der Waals surface area contributed by atoms with Crippen LogP contribution in [-0.4, -0.2) is 18.4 Å². The number of benzene rings is 1. The van der Waals surface area contributed by atoms with E-state index in [2.05, 4.69) is 5.32 Å². The Bertz CT molecular complexity index is 430. The Kier molecular flexibility index (Phi) is 4.61. The van der Waals surface area contributed by atoms with Gasteiger partial charge in [0.1, 0.15) is 5.88 Å². The standard InChI is InChI=1S/C14H18ClNO2/c1-10-2-5-12(9-18-8-11-3-4-11)13(6-10)16-14(17)7-15/h2,5-6,11H,3-4,7-9H2,1H3,(H,16,17). The molecule has 0 aliphatic heterocycles. The van der Waals surface area contributed by atoms with E-state index < -0.39 is 0 Å². The molecule has 1 saturated carbocycles. The summed E-state index contributed by atoms with van der Waals surface area (Å²) in [7, 11) is 0. The number of carbonyl (C=O) groups excluding carboxylic acids is 1. The Morgan fingerprint density at radius 1 is 1.50 bits per heavy atom. The summed E-state index contributed by atoms with van der Waals surface area (Å²) in [5.74, 6) is 0.526. The lowest BCUT2D eigenvalue weighted by atomic mass is 10.1. The molecule has 1 aromatic rings. The van der Waals surface area contributed by atoms with Gasteiger partial charge in [0, 0.05) is 17.9 Å². The quantitative estimate of drug-likeness (QED) is 0.805. The number of aryl methyl sites for hydroxylation is 1. The van der Waals surface area contributed by atoms with Gasteiger partial charge in [-0.15, -0.1) is 11.6 Å². The van der Waals surface area contributed by atoms with Crippen LogP contribution in [0, 0.1) is 12.8 Å². The maximum Gasteiger partial charge on any atom is 0.239 e. The van der Waals surface area contributed by atoms with Gasteiger partial charge >= 0.3 is 0 Å². The maximum atomic E-state index is 11.4. The Labute approximate surface area is 112 Å². The van der Waals surface area contributed by atoms with E-state index in [1.165, 1.54) is 12.8 Å². The van der Waals surface area contributed by atoms with Crippen molar-refractivity contribution in [1.29, 1.82) is 0 Å². The van der Waals surface area contributed by atoms with E-state index in [4.69, 9.17) is 16.3 Å². The van der Waals surface area contributed by atoms with Gasteiger partial charge in [-0.05, 0) is 37.3 Å². The predicted molar refractivity (Wildman–Crippen MR) is 72.9 cm³/mol. The maximum absolute atomic E-state index is 11.4. The Balaban J connectivity index is 1.99. The number of anilines is 1. The summed E-state index contributed by atoms with van der Waals surface area (Å²) in [5.41, 5.74) is 2.90. The van der Waals surface area contributed by atoms with Gasteiger partial charge in [-0.2, -0.15) is 0 Å². The number of alkyl halides is 1. The lowest BCUT2D eigenvalue weighted by Crippen LogP contribution is -2.14. The van der Waals surface area contributed by atoms with Gasteiger partial charge in [0.25, 0.3) is 0 Å². The summed E-state index contributed by atoms with van der Waals surface area (Å²) >= 11 is 5.50. The normalized spacial score (nSPS) is 14.6. The summed E-state index contributed by atoms with van der Waals surface area (Å²) in [4.78, 5) is 11.4. The van der Waals surface area contributed by atoms with Crippen molar-refractivity contribution in [2.24, 2.45) is 5.92 Å². The fourth-order valence-corrected chi connectivity index (χ4v) is 1.80. The fraction of sp³-hybridized carbons (Fsp3) is 0.500. The van der Waals surface area contributed by atoms with Crippen molar-refractivity contribution < 1.29 is 9.53 Å². The minimum Gasteiger partial charge on any atom is -0.376 e. The molecular weight excluding hydrogens is 250 g/mol. The highest BCUT2D eigenvalue weighted by atomic mass is 35.5. The number of amides is 1. The summed E-state index contributed by atoms with van der Waals surface area (Å²) in [6, 6.07) is 5.96. The first kappa shape index (κ1) is 13.4. The van der Waals surface area contributed by atoms with Crippen molar-refractivity contribution >= 4 is 23.2 Å². The second-order valence-corrected chi connectivity index (χ2v) is 5.07. The first-order valence-corrected chi connectivity index (χ1v) is 6.75. The molecule has 0 bridgehead atoms. The van der Waals surface area contributed by atoms with Crippen molar-refractivity contribution in [3.63, 3.8) is 0 Å². The monoisotopic (exact) mass is 267 g/mol. The fourth-order valence-electron chi connectivity index (χ4n) is 1.74. The zero-order valence-electron chi connectivity index (χ0n) is 10.5. The second kappa shape index (κ2) is 6.21. The molecule has 1 aliphatic rings. The molecule has 1 N–H and O–H groups in total. The molecule has 18 heavy (non-hydrogen) atoms. The Morgan fingerprint density at radius 3 is 2.94 bits per heavy atom. The van der Waals surface area contributed by atoms with Gasteiger partial charge in [0.05, 0.1) is 6.61 Å². The van der Waals surface area contributed by atoms with E-state index in [1.807, 2.05) is 25.1 Å². The minimum absolute atomic E-state index is 0.0314. The van der Waals surface area contributed by atoms with Crippen LogP contribution in [0.3, 0.4) is 0 Å². The summed E-state index contributed by atoms with van der Waals surface area (Å²) < 4.78 is 5.66. The number of carbonyl (C=O) groups is 1. The lowest BCUT2D eigenvalue weighted by molar-refractivity contribution is -0.113. The molecule has 0 spiro atoms. The predicted octanol–water partition coefficient (Wildman–Crippen LogP) is 3.10. The lowest BCUT2D eigenvalue weighted by Gasteiger charge is -2.12. The number of hydrogen-bond acceptors (Lipinski definition) is 2. The largest absolute Gasteiger partial charge is 0.376 e. The highest BCUT2D eigenvalue weighted by Crippen LogP contribution is 2.29. The van der Waals surface area contributed by atoms with Crippen molar-refractivity contribution in [3.05, 3.63) is 29.3 Å². The van der Waals surface area contributed by atoms with E-state index in [0.717, 1.165) is 29.3 Å². The van der Waals surface area contributed by atoms with Crippen molar-refractivity contribution in [2.45, 2.75) is 26.4 Å². The van der Waals surface area contributed by atoms with Crippen LogP contribution in [0.5, 0.6) is 0 Å². The molecule has 0 saturated heterocycles. The third-order valence-corrected chi connectivity index (χ3v) is 3.21. The zero-order chi connectivity index (χ0) is 13.0. The highest BCUT2D eigenvalue weighted by molar-refractivity contribution is 6.29. The molecule has 3 nitrogen and oxygen atoms in total. The van der Waals surface area contributed by atoms with E-state index in [9.17, 15) is 4.79 Å². The van der Waals surface area contributed by atoms with Gasteiger partial charge < -0.3 is 10.1 Å². The zero-order valence-corrected chi connectivity index (χ0v) is 11.3. The molecule has 0 heterocycles. The van der Waals surface area contributed by atoms with Gasteiger partial charge in [-0.3, -0.25) is 4.79 Å². The summed E-state index contributed by atoms with van der Waals surface area (Å²) in [6.07, 6.45) is 2.56. The summed E-state index contributed by atoms with van der Waals surface area (Å²) in [6.45, 7) is 3.34. The van der Waals surface area contributed by atoms with E-state index in [-0.39, 0.29) is 11.8 Å². The van der Waals surface area contributed by atoms with Crippen molar-refractivity contribution in [3.8, 4) is 0 Å². The minimum atomic E-state index is -0.189. The molecular formula is C14H18ClNO2. The molecule has 1 aliphatic carbocycles. The Morgan fingerprint density at radius 2 is 2.28 bits per heavy atom. The molecule has 0 radical (unpaired) electrons. The van der Waals surface area contributed by atoms with Crippen LogP contribution >= 0.6 is 11.6 Å². The molecule has 1 fully saturated rings. The van der Waals surface area contributed by atoms with Crippen LogP contribution in [0.15, 0.2) is 18.2 Å². The van der Waals surface area contributed by atoms with Crippen molar-refractivity contribution in [2.75, 3.05) is 17.8 Å². The average Bonchev–Trinajstić information content (AvgIpc) is 3.16. The first-order valence-electron chi connectivity index (χ1n) is 6.22. The first-order chi connectivity index (χ1) is 8.69. The summed E-state index contributed by atoms with van der Waals surface area (Å²) in [5, 5.41) is 2.80. The molecule has 98 valence electrons. The van der Waals surface area contributed by atoms with E-state index in [1.54, 1.807) is 0 Å². The number of halogens is 1. The van der Waals surface area contributed by atoms with Crippen LogP contribution in [0.1, 0.15) is 24.0 Å². The van der Waals surface area contributed by atoms with Gasteiger partial charge in [-0.1, -0.05) is 12.1 Å². The van der Waals surface area contributed by atoms with Crippen molar-refractivity contribution in [1.82, 2.24) is 0 Å². The van der Waals surface area contributed by atoms with Gasteiger partial charge in [0.15, 0.2) is 0 Å². The molecule has 0 unspecified atom stereocenters. The number of hydrogen-bond donors (Lipinski definition) is 1. The van der Waals surface area contributed by atoms with Crippen LogP contribution in [0.25, 0.3) is 0 Å². The molecule has 0 atom stereocenters. The number of ether oxygens (including phenoxy) is 1. The number of nitrogens with one attached hydrogen (secondary N) is 1. The molecule has 4 heteroatoms. The average molecular weight is 268 g/mol. The topological polar surface area (TPSA) is 38.3 Å². The highest BCUT2D eigenvalue weighted by Gasteiger charge is 2.21.